The number of rotatable bonds is 1. The number of nitrogens with zero attached hydrogens (tertiary/aromatic N) is 2. The molecule has 0 spiro atoms. The Labute approximate surface area is 96.2 Å². The molecule has 0 radical (unpaired) electrons. The lowest BCUT2D eigenvalue weighted by Gasteiger charge is -2.22. The van der Waals surface area contributed by atoms with Crippen LogP contribution in [0.3, 0.4) is 0 Å². The molecular formula is C10H11F3N2S. The van der Waals surface area contributed by atoms with Gasteiger partial charge in [0, 0.05) is 7.05 Å². The van der Waals surface area contributed by atoms with Gasteiger partial charge in [0.2, 0.25) is 0 Å². The quantitative estimate of drug-likeness (QED) is 0.429. The van der Waals surface area contributed by atoms with Gasteiger partial charge in [0.1, 0.15) is 0 Å². The molecule has 0 saturated heterocycles. The molecule has 0 heterocycles. The van der Waals surface area contributed by atoms with Crippen LogP contribution < -0.4 is 0 Å². The maximum absolute atomic E-state index is 12.4. The maximum atomic E-state index is 12.4. The van der Waals surface area contributed by atoms with Gasteiger partial charge in [-0.15, -0.1) is 0 Å². The summed E-state index contributed by atoms with van der Waals surface area (Å²) in [5, 5.41) is -0.0845. The van der Waals surface area contributed by atoms with E-state index in [0.29, 0.717) is 5.69 Å². The lowest BCUT2D eigenvalue weighted by atomic mass is 10.3. The molecule has 88 valence electrons. The van der Waals surface area contributed by atoms with Crippen molar-refractivity contribution in [3.05, 3.63) is 30.3 Å². The predicted octanol–water partition coefficient (Wildman–Crippen LogP) is 3.49. The van der Waals surface area contributed by atoms with Crippen molar-refractivity contribution in [2.24, 2.45) is 4.99 Å². The van der Waals surface area contributed by atoms with Crippen LogP contribution in [-0.4, -0.2) is 29.7 Å². The molecule has 1 rings (SSSR count). The zero-order valence-electron chi connectivity index (χ0n) is 8.82. The molecule has 16 heavy (non-hydrogen) atoms. The molecule has 0 saturated carbocycles. The first-order valence-corrected chi connectivity index (χ1v) is 5.66. The summed E-state index contributed by atoms with van der Waals surface area (Å²) in [6, 6.07) is 8.54. The Morgan fingerprint density at radius 3 is 2.25 bits per heavy atom. The predicted molar refractivity (Wildman–Crippen MR) is 60.9 cm³/mol. The second-order valence-corrected chi connectivity index (χ2v) is 3.73. The Balaban J connectivity index is 2.95. The van der Waals surface area contributed by atoms with Gasteiger partial charge in [0.25, 0.3) is 0 Å². The number of hydrogen-bond acceptors (Lipinski definition) is 2. The fraction of sp³-hybridized carbons (Fsp3) is 0.300. The molecule has 1 aromatic rings. The molecular weight excluding hydrogens is 237 g/mol. The molecule has 0 N–H and O–H groups in total. The summed E-state index contributed by atoms with van der Waals surface area (Å²) in [4.78, 5) is 4.13. The zero-order valence-corrected chi connectivity index (χ0v) is 9.64. The topological polar surface area (TPSA) is 15.6 Å². The van der Waals surface area contributed by atoms with Crippen molar-refractivity contribution in [2.45, 2.75) is 6.30 Å². The van der Waals surface area contributed by atoms with Crippen molar-refractivity contribution in [3.8, 4) is 0 Å². The van der Waals surface area contributed by atoms with E-state index in [9.17, 15) is 13.2 Å². The second-order valence-electron chi connectivity index (χ2n) is 2.96. The fourth-order valence-electron chi connectivity index (χ4n) is 0.979. The summed E-state index contributed by atoms with van der Waals surface area (Å²) < 4.78 is 37.3. The van der Waals surface area contributed by atoms with E-state index < -0.39 is 6.30 Å². The molecule has 0 unspecified atom stereocenters. The number of alkyl halides is 3. The fourth-order valence-corrected chi connectivity index (χ4v) is 1.55. The number of para-hydroxylation sites is 1. The second kappa shape index (κ2) is 5.25. The van der Waals surface area contributed by atoms with Crippen molar-refractivity contribution < 1.29 is 13.2 Å². The number of halogens is 3. The summed E-state index contributed by atoms with van der Waals surface area (Å²) >= 11 is 0.956. The van der Waals surface area contributed by atoms with Gasteiger partial charge in [-0.2, -0.15) is 13.2 Å². The summed E-state index contributed by atoms with van der Waals surface area (Å²) in [6.07, 6.45) is -2.85. The Hall–Kier alpha value is -1.17. The molecule has 0 aliphatic heterocycles. The van der Waals surface area contributed by atoms with Crippen LogP contribution in [0.2, 0.25) is 0 Å². The van der Waals surface area contributed by atoms with Gasteiger partial charge in [0.05, 0.1) is 5.69 Å². The van der Waals surface area contributed by atoms with Gasteiger partial charge < -0.3 is 0 Å². The van der Waals surface area contributed by atoms with Crippen LogP contribution in [0, 0.1) is 0 Å². The van der Waals surface area contributed by atoms with Crippen LogP contribution in [0.15, 0.2) is 35.3 Å². The van der Waals surface area contributed by atoms with Crippen molar-refractivity contribution in [1.29, 1.82) is 0 Å². The van der Waals surface area contributed by atoms with E-state index in [2.05, 4.69) is 4.99 Å². The standard InChI is InChI=1S/C10H11F3N2S/c1-15(10(11,12)13)9(16-2)14-8-6-4-3-5-7-8/h3-7H,1-2H3. The Morgan fingerprint density at radius 1 is 1.25 bits per heavy atom. The third-order valence-corrected chi connectivity index (χ3v) is 2.56. The number of thioether (sulfide) groups is 1. The molecule has 0 aromatic heterocycles. The van der Waals surface area contributed by atoms with Crippen molar-refractivity contribution in [3.63, 3.8) is 0 Å². The number of amidine groups is 1. The van der Waals surface area contributed by atoms with Crippen LogP contribution >= 0.6 is 11.8 Å². The molecule has 1 aromatic carbocycles. The van der Waals surface area contributed by atoms with Crippen molar-refractivity contribution in [1.82, 2.24) is 4.90 Å². The Morgan fingerprint density at radius 2 is 1.81 bits per heavy atom. The normalized spacial score (nSPS) is 12.7. The summed E-state index contributed by atoms with van der Waals surface area (Å²) in [7, 11) is 0.957. The van der Waals surface area contributed by atoms with Gasteiger partial charge in [-0.1, -0.05) is 30.0 Å². The van der Waals surface area contributed by atoms with Gasteiger partial charge in [-0.3, -0.25) is 4.90 Å². The monoisotopic (exact) mass is 248 g/mol. The average Bonchev–Trinajstić information content (AvgIpc) is 2.25. The number of aliphatic imine (C=N–C) groups is 1. The first-order valence-electron chi connectivity index (χ1n) is 4.43. The summed E-state index contributed by atoms with van der Waals surface area (Å²) in [6.45, 7) is 0. The lowest BCUT2D eigenvalue weighted by molar-refractivity contribution is -0.208. The third-order valence-electron chi connectivity index (χ3n) is 1.83. The van der Waals surface area contributed by atoms with Crippen molar-refractivity contribution in [2.75, 3.05) is 13.3 Å². The largest absolute Gasteiger partial charge is 0.486 e. The minimum Gasteiger partial charge on any atom is -0.265 e. The zero-order chi connectivity index (χ0) is 12.2. The smallest absolute Gasteiger partial charge is 0.265 e. The van der Waals surface area contributed by atoms with Gasteiger partial charge in [-0.05, 0) is 18.4 Å². The highest BCUT2D eigenvalue weighted by Crippen LogP contribution is 2.24. The molecule has 2 nitrogen and oxygen atoms in total. The molecule has 0 aliphatic rings. The lowest BCUT2D eigenvalue weighted by Crippen LogP contribution is -2.37. The highest BCUT2D eigenvalue weighted by Gasteiger charge is 2.36. The van der Waals surface area contributed by atoms with Gasteiger partial charge in [-0.25, -0.2) is 4.99 Å². The average molecular weight is 248 g/mol. The van der Waals surface area contributed by atoms with Crippen LogP contribution in [0.4, 0.5) is 18.9 Å². The minimum atomic E-state index is -4.41. The van der Waals surface area contributed by atoms with Crippen molar-refractivity contribution >= 4 is 22.6 Å². The SMILES string of the molecule is CSC(=Nc1ccccc1)N(C)C(F)(F)F. The Bertz CT molecular complexity index is 362. The first-order chi connectivity index (χ1) is 7.45. The molecule has 6 heteroatoms. The van der Waals surface area contributed by atoms with E-state index in [1.165, 1.54) is 0 Å². The Kier molecular flexibility index (Phi) is 4.23. The van der Waals surface area contributed by atoms with Crippen LogP contribution in [-0.2, 0) is 0 Å². The molecule has 0 bridgehead atoms. The van der Waals surface area contributed by atoms with Crippen LogP contribution in [0.5, 0.6) is 0 Å². The molecule has 0 atom stereocenters. The summed E-state index contributed by atoms with van der Waals surface area (Å²) in [5.41, 5.74) is 0.503. The third kappa shape index (κ3) is 3.44. The van der Waals surface area contributed by atoms with E-state index in [-0.39, 0.29) is 10.1 Å². The highest BCUT2D eigenvalue weighted by atomic mass is 32.2. The van der Waals surface area contributed by atoms with E-state index in [1.54, 1.807) is 36.6 Å². The van der Waals surface area contributed by atoms with Gasteiger partial charge >= 0.3 is 6.30 Å². The summed E-state index contributed by atoms with van der Waals surface area (Å²) in [5.74, 6) is 0. The molecule has 0 amide bonds. The van der Waals surface area contributed by atoms with E-state index >= 15 is 0 Å². The first kappa shape index (κ1) is 12.9. The molecule has 0 fully saturated rings. The van der Waals surface area contributed by atoms with E-state index in [1.807, 2.05) is 0 Å². The number of benzene rings is 1. The number of hydrogen-bond donors (Lipinski definition) is 0. The maximum Gasteiger partial charge on any atom is 0.486 e. The minimum absolute atomic E-state index is 0.0845. The van der Waals surface area contributed by atoms with Gasteiger partial charge in [0.15, 0.2) is 5.17 Å². The van der Waals surface area contributed by atoms with Crippen LogP contribution in [0.1, 0.15) is 0 Å². The highest BCUT2D eigenvalue weighted by molar-refractivity contribution is 8.13. The van der Waals surface area contributed by atoms with Crippen LogP contribution in [0.25, 0.3) is 0 Å². The molecule has 0 aliphatic carbocycles. The van der Waals surface area contributed by atoms with E-state index in [4.69, 9.17) is 0 Å². The van der Waals surface area contributed by atoms with E-state index in [0.717, 1.165) is 18.8 Å².